The van der Waals surface area contributed by atoms with Crippen LogP contribution in [-0.2, 0) is 10.0 Å². The molecule has 0 unspecified atom stereocenters. The van der Waals surface area contributed by atoms with Gasteiger partial charge in [0.2, 0.25) is 10.0 Å². The van der Waals surface area contributed by atoms with E-state index in [0.29, 0.717) is 10.2 Å². The highest BCUT2D eigenvalue weighted by Gasteiger charge is 2.27. The van der Waals surface area contributed by atoms with Gasteiger partial charge in [0.25, 0.3) is 0 Å². The van der Waals surface area contributed by atoms with E-state index in [-0.39, 0.29) is 22.7 Å². The molecule has 1 aliphatic carbocycles. The average Bonchev–Trinajstić information content (AvgIpc) is 2.48. The number of hydrogen-bond acceptors (Lipinski definition) is 5. The second-order valence-electron chi connectivity index (χ2n) is 5.37. The van der Waals surface area contributed by atoms with Crippen molar-refractivity contribution in [1.82, 2.24) is 4.72 Å². The van der Waals surface area contributed by atoms with Gasteiger partial charge in [-0.1, -0.05) is 0 Å². The highest BCUT2D eigenvalue weighted by atomic mass is 79.9. The van der Waals surface area contributed by atoms with Gasteiger partial charge in [0.1, 0.15) is 16.4 Å². The van der Waals surface area contributed by atoms with Crippen LogP contribution >= 0.6 is 15.9 Å². The summed E-state index contributed by atoms with van der Waals surface area (Å²) >= 11 is 3.32. The Balaban J connectivity index is 2.28. The second-order valence-corrected chi connectivity index (χ2v) is 7.91. The molecule has 0 atom stereocenters. The minimum Gasteiger partial charge on any atom is -0.496 e. The standard InChI is InChI=1S/C14H21BrN2O4S/c1-20-12-8-14(13(21-2)7-11(12)15)22(18,19)17-10-5-3-9(16)4-6-10/h7-10,17H,3-6,16H2,1-2H3. The third-order valence-corrected chi connectivity index (χ3v) is 5.98. The maximum absolute atomic E-state index is 12.6. The van der Waals surface area contributed by atoms with Crippen LogP contribution in [0.15, 0.2) is 21.5 Å². The Morgan fingerprint density at radius 3 is 2.27 bits per heavy atom. The Morgan fingerprint density at radius 2 is 1.73 bits per heavy atom. The van der Waals surface area contributed by atoms with Crippen molar-refractivity contribution in [3.63, 3.8) is 0 Å². The minimum atomic E-state index is -3.69. The molecule has 0 radical (unpaired) electrons. The molecule has 0 bridgehead atoms. The summed E-state index contributed by atoms with van der Waals surface area (Å²) in [6.07, 6.45) is 3.15. The van der Waals surface area contributed by atoms with Crippen LogP contribution in [0.5, 0.6) is 11.5 Å². The number of sulfonamides is 1. The maximum Gasteiger partial charge on any atom is 0.244 e. The molecule has 0 aromatic heterocycles. The summed E-state index contributed by atoms with van der Waals surface area (Å²) in [5, 5.41) is 0. The van der Waals surface area contributed by atoms with E-state index >= 15 is 0 Å². The van der Waals surface area contributed by atoms with Crippen LogP contribution in [-0.4, -0.2) is 34.7 Å². The lowest BCUT2D eigenvalue weighted by Crippen LogP contribution is -2.40. The first-order valence-corrected chi connectivity index (χ1v) is 9.34. The van der Waals surface area contributed by atoms with E-state index in [9.17, 15) is 8.42 Å². The van der Waals surface area contributed by atoms with Crippen LogP contribution in [0.25, 0.3) is 0 Å². The van der Waals surface area contributed by atoms with Crippen molar-refractivity contribution >= 4 is 26.0 Å². The fourth-order valence-corrected chi connectivity index (χ4v) is 4.52. The number of halogens is 1. The number of hydrogen-bond donors (Lipinski definition) is 2. The third-order valence-electron chi connectivity index (χ3n) is 3.82. The van der Waals surface area contributed by atoms with Crippen molar-refractivity contribution < 1.29 is 17.9 Å². The van der Waals surface area contributed by atoms with Gasteiger partial charge in [0.05, 0.1) is 18.7 Å². The third kappa shape index (κ3) is 3.92. The van der Waals surface area contributed by atoms with Crippen LogP contribution in [0.1, 0.15) is 25.7 Å². The van der Waals surface area contributed by atoms with Gasteiger partial charge in [-0.25, -0.2) is 13.1 Å². The normalized spacial score (nSPS) is 22.4. The van der Waals surface area contributed by atoms with Gasteiger partial charge in [0, 0.05) is 18.2 Å². The molecule has 1 fully saturated rings. The summed E-state index contributed by atoms with van der Waals surface area (Å²) in [7, 11) is -0.764. The van der Waals surface area contributed by atoms with E-state index < -0.39 is 10.0 Å². The summed E-state index contributed by atoms with van der Waals surface area (Å²) in [6.45, 7) is 0. The van der Waals surface area contributed by atoms with Crippen molar-refractivity contribution in [2.45, 2.75) is 42.7 Å². The van der Waals surface area contributed by atoms with Gasteiger partial charge in [-0.05, 0) is 47.7 Å². The number of methoxy groups -OCH3 is 2. The zero-order chi connectivity index (χ0) is 16.3. The zero-order valence-electron chi connectivity index (χ0n) is 12.6. The molecule has 1 aromatic carbocycles. The summed E-state index contributed by atoms with van der Waals surface area (Å²) in [5.41, 5.74) is 5.85. The van der Waals surface area contributed by atoms with Crippen molar-refractivity contribution in [3.8, 4) is 11.5 Å². The van der Waals surface area contributed by atoms with Gasteiger partial charge >= 0.3 is 0 Å². The predicted octanol–water partition coefficient (Wildman–Crippen LogP) is 2.01. The number of nitrogens with one attached hydrogen (secondary N) is 1. The Labute approximate surface area is 139 Å². The highest BCUT2D eigenvalue weighted by Crippen LogP contribution is 2.35. The minimum absolute atomic E-state index is 0.0740. The summed E-state index contributed by atoms with van der Waals surface area (Å²) in [5.74, 6) is 0.708. The quantitative estimate of drug-likeness (QED) is 0.799. The smallest absolute Gasteiger partial charge is 0.244 e. The largest absolute Gasteiger partial charge is 0.496 e. The van der Waals surface area contributed by atoms with Gasteiger partial charge in [-0.3, -0.25) is 0 Å². The first-order valence-electron chi connectivity index (χ1n) is 7.07. The summed E-state index contributed by atoms with van der Waals surface area (Å²) in [4.78, 5) is 0.0740. The van der Waals surface area contributed by atoms with Gasteiger partial charge in [0.15, 0.2) is 0 Å². The molecule has 0 saturated heterocycles. The zero-order valence-corrected chi connectivity index (χ0v) is 15.0. The van der Waals surface area contributed by atoms with Crippen molar-refractivity contribution in [1.29, 1.82) is 0 Å². The van der Waals surface area contributed by atoms with E-state index in [1.807, 2.05) is 0 Å². The van der Waals surface area contributed by atoms with Crippen LogP contribution in [0.2, 0.25) is 0 Å². The molecule has 1 aliphatic rings. The summed E-state index contributed by atoms with van der Waals surface area (Å²) in [6, 6.07) is 3.12. The molecule has 22 heavy (non-hydrogen) atoms. The Morgan fingerprint density at radius 1 is 1.14 bits per heavy atom. The van der Waals surface area contributed by atoms with E-state index in [2.05, 4.69) is 20.7 Å². The molecule has 8 heteroatoms. The summed E-state index contributed by atoms with van der Waals surface area (Å²) < 4.78 is 39.0. The van der Waals surface area contributed by atoms with Crippen LogP contribution in [0.4, 0.5) is 0 Å². The van der Waals surface area contributed by atoms with E-state index in [4.69, 9.17) is 15.2 Å². The molecule has 6 nitrogen and oxygen atoms in total. The lowest BCUT2D eigenvalue weighted by Gasteiger charge is -2.27. The van der Waals surface area contributed by atoms with Gasteiger partial charge in [-0.2, -0.15) is 0 Å². The molecule has 3 N–H and O–H groups in total. The van der Waals surface area contributed by atoms with Crippen molar-refractivity contribution in [2.75, 3.05) is 14.2 Å². The molecule has 2 rings (SSSR count). The highest BCUT2D eigenvalue weighted by molar-refractivity contribution is 9.10. The average molecular weight is 393 g/mol. The predicted molar refractivity (Wildman–Crippen MR) is 87.8 cm³/mol. The molecule has 1 aromatic rings. The van der Waals surface area contributed by atoms with Crippen molar-refractivity contribution in [3.05, 3.63) is 16.6 Å². The van der Waals surface area contributed by atoms with Crippen LogP contribution in [0.3, 0.4) is 0 Å². The number of benzene rings is 1. The Kier molecular flexibility index (Phi) is 5.70. The molecule has 0 aliphatic heterocycles. The van der Waals surface area contributed by atoms with Crippen LogP contribution < -0.4 is 19.9 Å². The second kappa shape index (κ2) is 7.16. The first kappa shape index (κ1) is 17.5. The number of rotatable bonds is 5. The Hall–Kier alpha value is -0.830. The van der Waals surface area contributed by atoms with Crippen molar-refractivity contribution in [2.24, 2.45) is 5.73 Å². The molecular formula is C14H21BrN2O4S. The number of ether oxygens (including phenoxy) is 2. The monoisotopic (exact) mass is 392 g/mol. The van der Waals surface area contributed by atoms with Gasteiger partial charge in [-0.15, -0.1) is 0 Å². The molecule has 0 heterocycles. The van der Waals surface area contributed by atoms with Gasteiger partial charge < -0.3 is 15.2 Å². The fourth-order valence-electron chi connectivity index (χ4n) is 2.56. The SMILES string of the molecule is COc1cc(S(=O)(=O)NC2CCC(N)CC2)c(OC)cc1Br. The first-order chi connectivity index (χ1) is 10.4. The van der Waals surface area contributed by atoms with E-state index in [1.54, 1.807) is 6.07 Å². The molecular weight excluding hydrogens is 372 g/mol. The van der Waals surface area contributed by atoms with E-state index in [0.717, 1.165) is 25.7 Å². The molecule has 124 valence electrons. The topological polar surface area (TPSA) is 90.7 Å². The molecule has 0 spiro atoms. The lowest BCUT2D eigenvalue weighted by molar-refractivity contribution is 0.370. The lowest BCUT2D eigenvalue weighted by atomic mass is 9.93. The number of nitrogens with two attached hydrogens (primary N) is 1. The van der Waals surface area contributed by atoms with Crippen LogP contribution in [0, 0.1) is 0 Å². The maximum atomic E-state index is 12.6. The Bertz CT molecular complexity index is 628. The van der Waals surface area contributed by atoms with E-state index in [1.165, 1.54) is 20.3 Å². The molecule has 0 amide bonds. The fraction of sp³-hybridized carbons (Fsp3) is 0.571. The molecule has 1 saturated carbocycles.